The van der Waals surface area contributed by atoms with Crippen LogP contribution in [0.4, 0.5) is 0 Å². The van der Waals surface area contributed by atoms with Crippen molar-refractivity contribution >= 4 is 39.1 Å². The van der Waals surface area contributed by atoms with Gasteiger partial charge in [0.05, 0.1) is 0 Å². The number of halogens is 1. The van der Waals surface area contributed by atoms with E-state index in [-0.39, 0.29) is 0 Å². The first-order chi connectivity index (χ1) is 12.8. The Bertz CT molecular complexity index is 674. The third kappa shape index (κ3) is 3.95. The van der Waals surface area contributed by atoms with Gasteiger partial charge in [0, 0.05) is 0 Å². The topological polar surface area (TPSA) is 0 Å². The third-order valence-electron chi connectivity index (χ3n) is 4.96. The molecule has 0 heterocycles. The third-order valence-corrected chi connectivity index (χ3v) is 11.7. The van der Waals surface area contributed by atoms with E-state index in [1.54, 1.807) is 0 Å². The van der Waals surface area contributed by atoms with Gasteiger partial charge in [0.1, 0.15) is 27.7 Å². The Morgan fingerprint density at radius 3 is 1.38 bits per heavy atom. The van der Waals surface area contributed by atoms with Crippen LogP contribution >= 0.6 is 23.2 Å². The van der Waals surface area contributed by atoms with Gasteiger partial charge in [0.15, 0.2) is 0 Å². The van der Waals surface area contributed by atoms with Crippen molar-refractivity contribution in [3.8, 4) is 0 Å². The molecule has 134 valence electrons. The molecule has 1 unspecified atom stereocenters. The molecule has 0 N–H and O–H groups in total. The minimum Gasteiger partial charge on any atom is -0.0654 e. The number of hydrogen-bond acceptors (Lipinski definition) is 0. The summed E-state index contributed by atoms with van der Waals surface area (Å²) in [5.41, 5.74) is 0. The van der Waals surface area contributed by atoms with Crippen LogP contribution in [0.3, 0.4) is 0 Å². The SMILES string of the molecule is CCCCCC(Br)[P+](c1ccccc1)(c1ccccc1)c1ccccc1. The van der Waals surface area contributed by atoms with Crippen molar-refractivity contribution in [2.45, 2.75) is 37.2 Å². The van der Waals surface area contributed by atoms with Gasteiger partial charge in [-0.1, -0.05) is 74.4 Å². The second kappa shape index (κ2) is 9.49. The quantitative estimate of drug-likeness (QED) is 0.226. The molecule has 0 nitrogen and oxygen atoms in total. The number of alkyl halides is 1. The lowest BCUT2D eigenvalue weighted by molar-refractivity contribution is 0.697. The Morgan fingerprint density at radius 1 is 0.654 bits per heavy atom. The molecule has 26 heavy (non-hydrogen) atoms. The molecule has 0 saturated carbocycles. The van der Waals surface area contributed by atoms with Gasteiger partial charge in [-0.3, -0.25) is 0 Å². The highest BCUT2D eigenvalue weighted by atomic mass is 79.9. The van der Waals surface area contributed by atoms with Gasteiger partial charge in [-0.05, 0) is 65.2 Å². The van der Waals surface area contributed by atoms with Crippen LogP contribution in [0.5, 0.6) is 0 Å². The molecule has 0 bridgehead atoms. The second-order valence-electron chi connectivity index (χ2n) is 6.66. The summed E-state index contributed by atoms with van der Waals surface area (Å²) in [5, 5.41) is 4.36. The summed E-state index contributed by atoms with van der Waals surface area (Å²) in [7, 11) is -1.77. The zero-order valence-corrected chi connectivity index (χ0v) is 17.9. The number of hydrogen-bond donors (Lipinski definition) is 0. The number of benzene rings is 3. The van der Waals surface area contributed by atoms with E-state index in [0.717, 1.165) is 0 Å². The lowest BCUT2D eigenvalue weighted by Gasteiger charge is -2.32. The first-order valence-electron chi connectivity index (χ1n) is 9.49. The van der Waals surface area contributed by atoms with Gasteiger partial charge in [0.2, 0.25) is 0 Å². The van der Waals surface area contributed by atoms with Crippen LogP contribution in [-0.4, -0.2) is 4.57 Å². The summed E-state index contributed by atoms with van der Waals surface area (Å²) in [4.78, 5) is 0. The monoisotopic (exact) mass is 425 g/mol. The summed E-state index contributed by atoms with van der Waals surface area (Å²) < 4.78 is 0.439. The molecular weight excluding hydrogens is 399 g/mol. The van der Waals surface area contributed by atoms with E-state index in [0.29, 0.717) is 4.57 Å². The molecule has 0 saturated heterocycles. The van der Waals surface area contributed by atoms with Crippen LogP contribution in [0.25, 0.3) is 0 Å². The van der Waals surface area contributed by atoms with E-state index in [2.05, 4.69) is 114 Å². The van der Waals surface area contributed by atoms with E-state index in [1.807, 2.05) is 0 Å². The molecule has 0 spiro atoms. The highest BCUT2D eigenvalue weighted by Crippen LogP contribution is 2.63. The molecule has 3 aromatic rings. The average Bonchev–Trinajstić information content (AvgIpc) is 2.71. The summed E-state index contributed by atoms with van der Waals surface area (Å²) in [6.45, 7) is 2.28. The fourth-order valence-electron chi connectivity index (χ4n) is 3.68. The predicted molar refractivity (Wildman–Crippen MR) is 122 cm³/mol. The Labute approximate surface area is 167 Å². The minimum atomic E-state index is -1.77. The van der Waals surface area contributed by atoms with Crippen molar-refractivity contribution in [1.82, 2.24) is 0 Å². The molecule has 0 aliphatic rings. The first kappa shape index (κ1) is 19.3. The first-order valence-corrected chi connectivity index (χ1v) is 12.3. The standard InChI is InChI=1S/C24H27BrP/c1-2-3-7-20-24(25)26(21-14-8-4-9-15-21,22-16-10-5-11-17-22)23-18-12-6-13-19-23/h4-6,8-19,24H,2-3,7,20H2,1H3/q+1. The molecule has 3 aromatic carbocycles. The minimum absolute atomic E-state index is 0.439. The number of rotatable bonds is 8. The second-order valence-corrected chi connectivity index (χ2v) is 12.1. The van der Waals surface area contributed by atoms with Crippen LogP contribution < -0.4 is 15.9 Å². The van der Waals surface area contributed by atoms with Gasteiger partial charge in [-0.15, -0.1) is 0 Å². The molecule has 0 aromatic heterocycles. The van der Waals surface area contributed by atoms with E-state index in [1.165, 1.54) is 41.6 Å². The molecule has 3 rings (SSSR count). The zero-order chi connectivity index (χ0) is 18.2. The molecule has 1 atom stereocenters. The number of unbranched alkanes of at least 4 members (excludes halogenated alkanes) is 2. The zero-order valence-electron chi connectivity index (χ0n) is 15.4. The normalized spacial score (nSPS) is 12.7. The van der Waals surface area contributed by atoms with E-state index in [4.69, 9.17) is 0 Å². The maximum absolute atomic E-state index is 4.19. The molecule has 0 fully saturated rings. The van der Waals surface area contributed by atoms with Crippen molar-refractivity contribution in [2.24, 2.45) is 0 Å². The molecule has 0 aliphatic heterocycles. The van der Waals surface area contributed by atoms with Crippen LogP contribution in [0, 0.1) is 0 Å². The molecular formula is C24H27BrP+. The van der Waals surface area contributed by atoms with E-state index < -0.39 is 7.26 Å². The molecule has 0 aliphatic carbocycles. The highest BCUT2D eigenvalue weighted by molar-refractivity contribution is 9.11. The molecule has 2 heteroatoms. The summed E-state index contributed by atoms with van der Waals surface area (Å²) in [6, 6.07) is 33.4. The van der Waals surface area contributed by atoms with Crippen molar-refractivity contribution in [1.29, 1.82) is 0 Å². The van der Waals surface area contributed by atoms with Crippen LogP contribution in [0.15, 0.2) is 91.0 Å². The van der Waals surface area contributed by atoms with Gasteiger partial charge in [-0.25, -0.2) is 0 Å². The fourth-order valence-corrected chi connectivity index (χ4v) is 10.5. The van der Waals surface area contributed by atoms with Gasteiger partial charge >= 0.3 is 0 Å². The maximum Gasteiger partial charge on any atom is 0.137 e. The Morgan fingerprint density at radius 2 is 1.04 bits per heavy atom. The highest BCUT2D eigenvalue weighted by Gasteiger charge is 2.50. The Kier molecular flexibility index (Phi) is 7.06. The molecule has 0 radical (unpaired) electrons. The van der Waals surface area contributed by atoms with E-state index in [9.17, 15) is 0 Å². The van der Waals surface area contributed by atoms with E-state index >= 15 is 0 Å². The lowest BCUT2D eigenvalue weighted by atomic mass is 10.2. The fraction of sp³-hybridized carbons (Fsp3) is 0.250. The van der Waals surface area contributed by atoms with Crippen molar-refractivity contribution in [3.63, 3.8) is 0 Å². The van der Waals surface area contributed by atoms with Crippen LogP contribution in [-0.2, 0) is 0 Å². The Balaban J connectivity index is 2.21. The van der Waals surface area contributed by atoms with Gasteiger partial charge in [-0.2, -0.15) is 0 Å². The summed E-state index contributed by atoms with van der Waals surface area (Å²) in [6.07, 6.45) is 5.01. The Hall–Kier alpha value is -1.43. The largest absolute Gasteiger partial charge is 0.137 e. The van der Waals surface area contributed by atoms with Gasteiger partial charge < -0.3 is 0 Å². The summed E-state index contributed by atoms with van der Waals surface area (Å²) >= 11 is 4.19. The van der Waals surface area contributed by atoms with Crippen LogP contribution in [0.2, 0.25) is 0 Å². The smallest absolute Gasteiger partial charge is 0.0654 e. The van der Waals surface area contributed by atoms with Crippen LogP contribution in [0.1, 0.15) is 32.6 Å². The van der Waals surface area contributed by atoms with Crippen molar-refractivity contribution < 1.29 is 0 Å². The maximum atomic E-state index is 4.19. The average molecular weight is 426 g/mol. The van der Waals surface area contributed by atoms with Crippen molar-refractivity contribution in [3.05, 3.63) is 91.0 Å². The molecule has 0 amide bonds. The summed E-state index contributed by atoms with van der Waals surface area (Å²) in [5.74, 6) is 0. The van der Waals surface area contributed by atoms with Crippen molar-refractivity contribution in [2.75, 3.05) is 0 Å². The lowest BCUT2D eigenvalue weighted by Crippen LogP contribution is -2.36. The van der Waals surface area contributed by atoms with Gasteiger partial charge in [0.25, 0.3) is 0 Å². The predicted octanol–water partition coefficient (Wildman–Crippen LogP) is 6.28.